The Morgan fingerprint density at radius 2 is 1.69 bits per heavy atom. The van der Waals surface area contributed by atoms with Crippen LogP contribution in [0.2, 0.25) is 0 Å². The first-order chi connectivity index (χ1) is 15.2. The maximum absolute atomic E-state index is 12.1. The van der Waals surface area contributed by atoms with Crippen LogP contribution in [0.3, 0.4) is 0 Å². The topological polar surface area (TPSA) is 110 Å². The van der Waals surface area contributed by atoms with Crippen molar-refractivity contribution in [3.63, 3.8) is 0 Å². The van der Waals surface area contributed by atoms with E-state index in [1.165, 1.54) is 22.7 Å². The highest BCUT2D eigenvalue weighted by Gasteiger charge is 2.12. The van der Waals surface area contributed by atoms with Crippen molar-refractivity contribution in [2.24, 2.45) is 5.92 Å². The van der Waals surface area contributed by atoms with E-state index in [2.05, 4.69) is 44.2 Å². The molecule has 0 aliphatic carbocycles. The number of hydrogen-bond acceptors (Lipinski definition) is 9. The van der Waals surface area contributed by atoms with Crippen LogP contribution >= 0.6 is 34.4 Å². The van der Waals surface area contributed by atoms with E-state index in [1.807, 2.05) is 26.8 Å². The average Bonchev–Trinajstić information content (AvgIpc) is 3.33. The Kier molecular flexibility index (Phi) is 10.7. The summed E-state index contributed by atoms with van der Waals surface area (Å²) in [5.41, 5.74) is 1.86. The lowest BCUT2D eigenvalue weighted by atomic mass is 10.1. The van der Waals surface area contributed by atoms with Crippen LogP contribution in [0.1, 0.15) is 43.6 Å². The first-order valence-corrected chi connectivity index (χ1v) is 12.8. The molecule has 0 fully saturated rings. The molecule has 8 nitrogen and oxygen atoms in total. The Hall–Kier alpha value is -2.37. The zero-order chi connectivity index (χ0) is 23.5. The number of carbonyl (C=O) groups is 2. The van der Waals surface area contributed by atoms with Gasteiger partial charge in [0.1, 0.15) is 10.0 Å². The summed E-state index contributed by atoms with van der Waals surface area (Å²) >= 11 is 4.45. The number of aromatic nitrogens is 4. The zero-order valence-electron chi connectivity index (χ0n) is 18.5. The summed E-state index contributed by atoms with van der Waals surface area (Å²) in [4.78, 5) is 24.0. The Labute approximate surface area is 200 Å². The van der Waals surface area contributed by atoms with E-state index < -0.39 is 0 Å². The molecule has 0 radical (unpaired) electrons. The molecule has 0 saturated carbocycles. The maximum Gasteiger partial charge on any atom is 0.230 e. The van der Waals surface area contributed by atoms with E-state index >= 15 is 0 Å². The summed E-state index contributed by atoms with van der Waals surface area (Å²) in [6.45, 7) is 13.4. The van der Waals surface area contributed by atoms with Crippen LogP contribution < -0.4 is 10.6 Å². The fourth-order valence-corrected chi connectivity index (χ4v) is 5.10. The van der Waals surface area contributed by atoms with Crippen LogP contribution in [0.15, 0.2) is 36.5 Å². The number of hydrogen-bond donors (Lipinski definition) is 2. The molecule has 2 N–H and O–H groups in total. The second-order valence-corrected chi connectivity index (χ2v) is 10.6. The molecule has 0 aliphatic heterocycles. The van der Waals surface area contributed by atoms with Crippen molar-refractivity contribution in [2.45, 2.75) is 45.8 Å². The number of nitrogens with zero attached hydrogens (tertiary/aromatic N) is 4. The monoisotopic (exact) mass is 492 g/mol. The smallest absolute Gasteiger partial charge is 0.230 e. The van der Waals surface area contributed by atoms with E-state index in [1.54, 1.807) is 17.8 Å². The first-order valence-electron chi connectivity index (χ1n) is 10.0. The number of nitrogens with one attached hydrogen (secondary N) is 2. The quantitative estimate of drug-likeness (QED) is 0.233. The van der Waals surface area contributed by atoms with Crippen LogP contribution in [0, 0.1) is 5.92 Å². The third-order valence-corrected chi connectivity index (χ3v) is 6.79. The third kappa shape index (κ3) is 9.84. The minimum absolute atomic E-state index is 0.0881. The molecule has 2 aromatic rings. The predicted molar refractivity (Wildman–Crippen MR) is 134 cm³/mol. The van der Waals surface area contributed by atoms with Gasteiger partial charge in [-0.15, -0.1) is 27.0 Å². The van der Waals surface area contributed by atoms with Crippen LogP contribution in [0.5, 0.6) is 0 Å². The molecular weight excluding hydrogens is 464 g/mol. The molecule has 2 aromatic heterocycles. The van der Waals surface area contributed by atoms with Crippen LogP contribution in [-0.2, 0) is 21.8 Å². The highest BCUT2D eigenvalue weighted by molar-refractivity contribution is 7.98. The molecule has 1 unspecified atom stereocenters. The highest BCUT2D eigenvalue weighted by Crippen LogP contribution is 2.23. The molecule has 0 aromatic carbocycles. The molecule has 2 rings (SSSR count). The van der Waals surface area contributed by atoms with Crippen LogP contribution in [0.4, 0.5) is 10.3 Å². The lowest BCUT2D eigenvalue weighted by Crippen LogP contribution is -2.13. The predicted octanol–water partition coefficient (Wildman–Crippen LogP) is 4.87. The molecular formula is C21H28N6O2S3. The number of rotatable bonds is 13. The van der Waals surface area contributed by atoms with Crippen molar-refractivity contribution in [2.75, 3.05) is 16.4 Å². The van der Waals surface area contributed by atoms with Crippen molar-refractivity contribution in [3.8, 4) is 0 Å². The number of thioether (sulfide) groups is 1. The molecule has 1 atom stereocenters. The van der Waals surface area contributed by atoms with E-state index in [0.29, 0.717) is 22.4 Å². The van der Waals surface area contributed by atoms with Crippen molar-refractivity contribution in [1.29, 1.82) is 0 Å². The van der Waals surface area contributed by atoms with Gasteiger partial charge in [0.15, 0.2) is 0 Å². The molecule has 2 heterocycles. The van der Waals surface area contributed by atoms with E-state index in [9.17, 15) is 9.59 Å². The fraction of sp³-hybridized carbons (Fsp3) is 0.429. The van der Waals surface area contributed by atoms with Gasteiger partial charge in [0, 0.05) is 24.3 Å². The van der Waals surface area contributed by atoms with Crippen molar-refractivity contribution >= 4 is 56.5 Å². The lowest BCUT2D eigenvalue weighted by Gasteiger charge is -2.04. The summed E-state index contributed by atoms with van der Waals surface area (Å²) < 4.78 is 0. The SMILES string of the molecule is C=CC(C)CC(=O)Nc1nnc(CCSCc2nnc(NC(=O)CC(=C)C=C(C)C)s2)s1. The van der Waals surface area contributed by atoms with Crippen LogP contribution in [0.25, 0.3) is 0 Å². The average molecular weight is 493 g/mol. The molecule has 172 valence electrons. The standard InChI is InChI=1S/C21H28N6O2S3/c1-6-14(4)10-16(28)22-20-26-24-18(31-20)7-8-30-12-19-25-27-21(32-19)23-17(29)11-15(5)9-13(2)3/h6,9,14H,1,5,7-8,10-12H2,2-4H3,(H,22,26,28)(H,23,27,29). The molecule has 2 amide bonds. The van der Waals surface area contributed by atoms with Gasteiger partial charge in [-0.3, -0.25) is 9.59 Å². The van der Waals surface area contributed by atoms with E-state index in [-0.39, 0.29) is 24.2 Å². The van der Waals surface area contributed by atoms with E-state index in [0.717, 1.165) is 33.3 Å². The van der Waals surface area contributed by atoms with Gasteiger partial charge in [-0.05, 0) is 25.3 Å². The summed E-state index contributed by atoms with van der Waals surface area (Å²) in [5, 5.41) is 24.6. The molecule has 0 spiro atoms. The number of aryl methyl sites for hydroxylation is 1. The lowest BCUT2D eigenvalue weighted by molar-refractivity contribution is -0.117. The molecule has 0 bridgehead atoms. The summed E-state index contributed by atoms with van der Waals surface area (Å²) in [6, 6.07) is 0. The second-order valence-electron chi connectivity index (χ2n) is 7.37. The Morgan fingerprint density at radius 3 is 2.34 bits per heavy atom. The minimum Gasteiger partial charge on any atom is -0.301 e. The summed E-state index contributed by atoms with van der Waals surface area (Å²) in [5.74, 6) is 1.41. The second kappa shape index (κ2) is 13.2. The van der Waals surface area contributed by atoms with Gasteiger partial charge >= 0.3 is 0 Å². The largest absolute Gasteiger partial charge is 0.301 e. The number of allylic oxidation sites excluding steroid dienone is 3. The Balaban J connectivity index is 1.69. The van der Waals surface area contributed by atoms with Gasteiger partial charge in [0.05, 0.1) is 6.42 Å². The van der Waals surface area contributed by atoms with Crippen LogP contribution in [-0.4, -0.2) is 38.0 Å². The molecule has 0 saturated heterocycles. The van der Waals surface area contributed by atoms with Gasteiger partial charge in [0.2, 0.25) is 22.1 Å². The normalized spacial score (nSPS) is 11.5. The molecule has 11 heteroatoms. The number of carbonyl (C=O) groups excluding carboxylic acids is 2. The summed E-state index contributed by atoms with van der Waals surface area (Å²) in [6.07, 6.45) is 4.99. The minimum atomic E-state index is -0.152. The van der Waals surface area contributed by atoms with Gasteiger partial charge in [0.25, 0.3) is 0 Å². The maximum atomic E-state index is 12.1. The third-order valence-electron chi connectivity index (χ3n) is 3.90. The van der Waals surface area contributed by atoms with Gasteiger partial charge in [-0.25, -0.2) is 0 Å². The van der Waals surface area contributed by atoms with Gasteiger partial charge in [-0.2, -0.15) is 11.8 Å². The molecule has 0 aliphatic rings. The van der Waals surface area contributed by atoms with Gasteiger partial charge < -0.3 is 10.6 Å². The van der Waals surface area contributed by atoms with E-state index in [4.69, 9.17) is 0 Å². The van der Waals surface area contributed by atoms with Gasteiger partial charge in [-0.1, -0.05) is 53.9 Å². The number of anilines is 2. The fourth-order valence-electron chi connectivity index (χ4n) is 2.46. The van der Waals surface area contributed by atoms with Crippen molar-refractivity contribution in [3.05, 3.63) is 46.5 Å². The Morgan fingerprint density at radius 1 is 1.06 bits per heavy atom. The number of amides is 2. The summed E-state index contributed by atoms with van der Waals surface area (Å²) in [7, 11) is 0. The Bertz CT molecular complexity index is 978. The highest BCUT2D eigenvalue weighted by atomic mass is 32.2. The van der Waals surface area contributed by atoms with Crippen molar-refractivity contribution < 1.29 is 9.59 Å². The zero-order valence-corrected chi connectivity index (χ0v) is 21.0. The van der Waals surface area contributed by atoms with Crippen molar-refractivity contribution in [1.82, 2.24) is 20.4 Å². The first kappa shape index (κ1) is 25.9. The molecule has 32 heavy (non-hydrogen) atoms.